The number of nitrogens with one attached hydrogen (secondary N) is 2. The van der Waals surface area contributed by atoms with Gasteiger partial charge in [-0.25, -0.2) is 9.97 Å². The van der Waals surface area contributed by atoms with Gasteiger partial charge in [-0.1, -0.05) is 48.0 Å². The fourth-order valence-corrected chi connectivity index (χ4v) is 4.09. The lowest BCUT2D eigenvalue weighted by Crippen LogP contribution is -2.15. The number of aromatic amines is 1. The van der Waals surface area contributed by atoms with Gasteiger partial charge in [-0.05, 0) is 56.2 Å². The molecule has 0 atom stereocenters. The molecule has 0 aliphatic carbocycles. The Morgan fingerprint density at radius 3 is 2.42 bits per heavy atom. The SMILES string of the molecule is Cc1cc(C)c(NC(=O)c2cccc3ccc(-c4nc5ccccc5[nH]4)nc23)c(C)c1. The van der Waals surface area contributed by atoms with E-state index in [0.717, 1.165) is 33.2 Å². The number of carbonyl (C=O) groups excluding carboxylic acids is 1. The number of anilines is 1. The molecule has 0 radical (unpaired) electrons. The fraction of sp³-hybridized carbons (Fsp3) is 0.115. The van der Waals surface area contributed by atoms with Crippen molar-refractivity contribution in [2.45, 2.75) is 20.8 Å². The first-order valence-electron chi connectivity index (χ1n) is 10.2. The molecule has 0 saturated heterocycles. The summed E-state index contributed by atoms with van der Waals surface area (Å²) in [5, 5.41) is 4.00. The number of aryl methyl sites for hydroxylation is 3. The van der Waals surface area contributed by atoms with Crippen LogP contribution in [0.3, 0.4) is 0 Å². The van der Waals surface area contributed by atoms with Gasteiger partial charge in [0, 0.05) is 11.1 Å². The second-order valence-corrected chi connectivity index (χ2v) is 7.90. The van der Waals surface area contributed by atoms with Gasteiger partial charge in [0.2, 0.25) is 0 Å². The zero-order valence-corrected chi connectivity index (χ0v) is 17.7. The summed E-state index contributed by atoms with van der Waals surface area (Å²) in [7, 11) is 0. The molecule has 0 fully saturated rings. The van der Waals surface area contributed by atoms with Crippen molar-refractivity contribution in [3.8, 4) is 11.5 Å². The lowest BCUT2D eigenvalue weighted by molar-refractivity contribution is 0.102. The van der Waals surface area contributed by atoms with Crippen molar-refractivity contribution >= 4 is 33.5 Å². The van der Waals surface area contributed by atoms with Crippen LogP contribution in [0.25, 0.3) is 33.5 Å². The second kappa shape index (κ2) is 7.36. The number of imidazole rings is 1. The number of fused-ring (bicyclic) bond motifs is 2. The van der Waals surface area contributed by atoms with Gasteiger partial charge in [0.25, 0.3) is 5.91 Å². The quantitative estimate of drug-likeness (QED) is 0.389. The third-order valence-electron chi connectivity index (χ3n) is 5.51. The number of nitrogens with zero attached hydrogens (tertiary/aromatic N) is 2. The first-order chi connectivity index (χ1) is 15.0. The summed E-state index contributed by atoms with van der Waals surface area (Å²) in [5.41, 5.74) is 7.84. The number of rotatable bonds is 3. The van der Waals surface area contributed by atoms with E-state index in [1.807, 2.05) is 68.4 Å². The molecule has 0 aliphatic heterocycles. The van der Waals surface area contributed by atoms with Gasteiger partial charge in [0.15, 0.2) is 5.82 Å². The van der Waals surface area contributed by atoms with Crippen LogP contribution in [0.15, 0.2) is 66.7 Å². The lowest BCUT2D eigenvalue weighted by atomic mass is 10.0. The van der Waals surface area contributed by atoms with Crippen molar-refractivity contribution in [2.24, 2.45) is 0 Å². The lowest BCUT2D eigenvalue weighted by Gasteiger charge is -2.14. The molecule has 0 bridgehead atoms. The highest BCUT2D eigenvalue weighted by Crippen LogP contribution is 2.26. The predicted octanol–water partition coefficient (Wildman–Crippen LogP) is 5.96. The summed E-state index contributed by atoms with van der Waals surface area (Å²) < 4.78 is 0. The molecule has 5 rings (SSSR count). The number of amides is 1. The van der Waals surface area contributed by atoms with Gasteiger partial charge in [-0.2, -0.15) is 0 Å². The van der Waals surface area contributed by atoms with Crippen molar-refractivity contribution in [1.82, 2.24) is 15.0 Å². The summed E-state index contributed by atoms with van der Waals surface area (Å²) in [6.45, 7) is 6.08. The van der Waals surface area contributed by atoms with E-state index in [4.69, 9.17) is 4.98 Å². The summed E-state index contributed by atoms with van der Waals surface area (Å²) in [5.74, 6) is 0.512. The second-order valence-electron chi connectivity index (χ2n) is 7.90. The van der Waals surface area contributed by atoms with Crippen molar-refractivity contribution in [3.63, 3.8) is 0 Å². The maximum atomic E-state index is 13.2. The molecular weight excluding hydrogens is 384 g/mol. The molecule has 5 nitrogen and oxygen atoms in total. The maximum Gasteiger partial charge on any atom is 0.257 e. The Hall–Kier alpha value is -3.99. The van der Waals surface area contributed by atoms with Gasteiger partial charge in [0.1, 0.15) is 5.69 Å². The van der Waals surface area contributed by atoms with E-state index < -0.39 is 0 Å². The van der Waals surface area contributed by atoms with Gasteiger partial charge in [-0.3, -0.25) is 4.79 Å². The van der Waals surface area contributed by atoms with E-state index in [1.54, 1.807) is 0 Å². The minimum absolute atomic E-state index is 0.171. The Balaban J connectivity index is 1.57. The highest BCUT2D eigenvalue weighted by Gasteiger charge is 2.16. The van der Waals surface area contributed by atoms with Gasteiger partial charge >= 0.3 is 0 Å². The zero-order valence-electron chi connectivity index (χ0n) is 17.7. The largest absolute Gasteiger partial charge is 0.337 e. The summed E-state index contributed by atoms with van der Waals surface area (Å²) >= 11 is 0. The Bertz CT molecular complexity index is 1410. The summed E-state index contributed by atoms with van der Waals surface area (Å²) in [6, 6.07) is 21.6. The highest BCUT2D eigenvalue weighted by atomic mass is 16.1. The summed E-state index contributed by atoms with van der Waals surface area (Å²) in [6.07, 6.45) is 0. The molecule has 2 heterocycles. The van der Waals surface area contributed by atoms with Crippen LogP contribution in [-0.4, -0.2) is 20.9 Å². The molecular formula is C26H22N4O. The van der Waals surface area contributed by atoms with E-state index in [0.29, 0.717) is 22.6 Å². The number of aromatic nitrogens is 3. The van der Waals surface area contributed by atoms with E-state index in [2.05, 4.69) is 34.3 Å². The van der Waals surface area contributed by atoms with E-state index in [9.17, 15) is 4.79 Å². The highest BCUT2D eigenvalue weighted by molar-refractivity contribution is 6.12. The molecule has 31 heavy (non-hydrogen) atoms. The van der Waals surface area contributed by atoms with Crippen LogP contribution < -0.4 is 5.32 Å². The molecule has 3 aromatic carbocycles. The Kier molecular flexibility index (Phi) is 4.51. The number of pyridine rings is 1. The van der Waals surface area contributed by atoms with Crippen molar-refractivity contribution in [3.05, 3.63) is 89.0 Å². The number of H-pyrrole nitrogens is 1. The molecule has 0 unspecified atom stereocenters. The van der Waals surface area contributed by atoms with Crippen molar-refractivity contribution < 1.29 is 4.79 Å². The molecule has 2 N–H and O–H groups in total. The third-order valence-corrected chi connectivity index (χ3v) is 5.51. The van der Waals surface area contributed by atoms with Crippen LogP contribution >= 0.6 is 0 Å². The molecule has 5 aromatic rings. The van der Waals surface area contributed by atoms with E-state index >= 15 is 0 Å². The molecule has 0 aliphatic rings. The van der Waals surface area contributed by atoms with Crippen LogP contribution in [0.1, 0.15) is 27.0 Å². The predicted molar refractivity (Wildman–Crippen MR) is 125 cm³/mol. The molecule has 0 saturated carbocycles. The van der Waals surface area contributed by atoms with E-state index in [-0.39, 0.29) is 5.91 Å². The zero-order chi connectivity index (χ0) is 21.5. The molecule has 1 amide bonds. The summed E-state index contributed by atoms with van der Waals surface area (Å²) in [4.78, 5) is 26.0. The Morgan fingerprint density at radius 1 is 0.871 bits per heavy atom. The van der Waals surface area contributed by atoms with E-state index in [1.165, 1.54) is 5.56 Å². The van der Waals surface area contributed by atoms with Crippen LogP contribution in [0.2, 0.25) is 0 Å². The first kappa shape index (κ1) is 19.0. The molecule has 5 heteroatoms. The van der Waals surface area contributed by atoms with Crippen LogP contribution in [0.4, 0.5) is 5.69 Å². The minimum atomic E-state index is -0.171. The molecule has 2 aromatic heterocycles. The molecule has 0 spiro atoms. The van der Waals surface area contributed by atoms with Crippen molar-refractivity contribution in [1.29, 1.82) is 0 Å². The van der Waals surface area contributed by atoms with Crippen molar-refractivity contribution in [2.75, 3.05) is 5.32 Å². The fourth-order valence-electron chi connectivity index (χ4n) is 4.09. The Labute approximate surface area is 180 Å². The number of benzene rings is 3. The monoisotopic (exact) mass is 406 g/mol. The smallest absolute Gasteiger partial charge is 0.257 e. The Morgan fingerprint density at radius 2 is 1.65 bits per heavy atom. The first-order valence-corrected chi connectivity index (χ1v) is 10.2. The van der Waals surface area contributed by atoms with Crippen LogP contribution in [0, 0.1) is 20.8 Å². The number of para-hydroxylation sites is 3. The normalized spacial score (nSPS) is 11.2. The third kappa shape index (κ3) is 3.44. The van der Waals surface area contributed by atoms with Gasteiger partial charge < -0.3 is 10.3 Å². The minimum Gasteiger partial charge on any atom is -0.337 e. The number of hydrogen-bond acceptors (Lipinski definition) is 3. The maximum absolute atomic E-state index is 13.2. The van der Waals surface area contributed by atoms with Gasteiger partial charge in [-0.15, -0.1) is 0 Å². The topological polar surface area (TPSA) is 70.7 Å². The average Bonchev–Trinajstić information content (AvgIpc) is 3.19. The number of carbonyl (C=O) groups is 1. The standard InChI is InChI=1S/C26H22N4O/c1-15-13-16(2)23(17(3)14-15)30-26(31)19-8-6-7-18-11-12-22(27-24(18)19)25-28-20-9-4-5-10-21(20)29-25/h4-14H,1-3H3,(H,28,29)(H,30,31). The van der Waals surface area contributed by atoms with Crippen LogP contribution in [0.5, 0.6) is 0 Å². The van der Waals surface area contributed by atoms with Gasteiger partial charge in [0.05, 0.1) is 22.1 Å². The molecule has 152 valence electrons. The number of hydrogen-bond donors (Lipinski definition) is 2. The average molecular weight is 406 g/mol. The van der Waals surface area contributed by atoms with Crippen LogP contribution in [-0.2, 0) is 0 Å².